The van der Waals surface area contributed by atoms with Crippen molar-refractivity contribution in [1.29, 1.82) is 0 Å². The molecule has 0 saturated carbocycles. The lowest BCUT2D eigenvalue weighted by Gasteiger charge is -2.18. The van der Waals surface area contributed by atoms with Crippen molar-refractivity contribution in [3.63, 3.8) is 0 Å². The van der Waals surface area contributed by atoms with E-state index in [1.54, 1.807) is 7.11 Å². The summed E-state index contributed by atoms with van der Waals surface area (Å²) in [5.41, 5.74) is 0.883. The summed E-state index contributed by atoms with van der Waals surface area (Å²) in [7, 11) is -0.944. The van der Waals surface area contributed by atoms with E-state index in [2.05, 4.69) is 0 Å². The zero-order chi connectivity index (χ0) is 17.0. The van der Waals surface area contributed by atoms with Crippen LogP contribution in [-0.2, 0) is 16.4 Å². The van der Waals surface area contributed by atoms with Gasteiger partial charge in [0.05, 0.1) is 7.11 Å². The topological polar surface area (TPSA) is 46.6 Å². The quantitative estimate of drug-likeness (QED) is 0.796. The maximum absolute atomic E-state index is 13.9. The summed E-state index contributed by atoms with van der Waals surface area (Å²) in [5, 5.41) is 0.151. The van der Waals surface area contributed by atoms with E-state index in [1.165, 1.54) is 19.2 Å². The highest BCUT2D eigenvalue weighted by Gasteiger charge is 2.24. The molecule has 0 aliphatic heterocycles. The molecule has 0 aromatic heterocycles. The van der Waals surface area contributed by atoms with Crippen LogP contribution in [-0.4, -0.2) is 33.4 Å². The van der Waals surface area contributed by atoms with E-state index in [9.17, 15) is 12.8 Å². The predicted octanol–water partition coefficient (Wildman–Crippen LogP) is 3.35. The average Bonchev–Trinajstić information content (AvgIpc) is 2.52. The molecule has 23 heavy (non-hydrogen) atoms. The first-order valence-corrected chi connectivity index (χ1v) is 8.71. The van der Waals surface area contributed by atoms with E-state index in [4.69, 9.17) is 16.3 Å². The maximum Gasteiger partial charge on any atom is 0.245 e. The van der Waals surface area contributed by atoms with Gasteiger partial charge in [0.25, 0.3) is 0 Å². The molecule has 0 radical (unpaired) electrons. The Bertz CT molecular complexity index is 796. The smallest absolute Gasteiger partial charge is 0.245 e. The summed E-state index contributed by atoms with van der Waals surface area (Å²) in [6.07, 6.45) is 0.453. The molecule has 0 bridgehead atoms. The van der Waals surface area contributed by atoms with Crippen LogP contribution in [0.4, 0.5) is 4.39 Å². The molecule has 0 heterocycles. The minimum Gasteiger partial charge on any atom is -0.496 e. The van der Waals surface area contributed by atoms with Crippen LogP contribution in [0, 0.1) is 5.82 Å². The fourth-order valence-corrected chi connectivity index (χ4v) is 3.53. The van der Waals surface area contributed by atoms with E-state index < -0.39 is 15.8 Å². The van der Waals surface area contributed by atoms with Crippen LogP contribution in [0.3, 0.4) is 0 Å². The molecule has 0 saturated heterocycles. The van der Waals surface area contributed by atoms with Crippen molar-refractivity contribution < 1.29 is 17.5 Å². The molecule has 2 aromatic carbocycles. The lowest BCUT2D eigenvalue weighted by Crippen LogP contribution is -2.29. The standard InChI is InChI=1S/C16H17ClFNO3S/c1-19(10-9-12-5-3-4-6-15(12)22-2)23(20,21)16-8-7-13(17)11-14(16)18/h3-8,11H,9-10H2,1-2H3. The molecule has 0 amide bonds. The third kappa shape index (κ3) is 4.02. The Morgan fingerprint density at radius 2 is 1.91 bits per heavy atom. The van der Waals surface area contributed by atoms with Crippen LogP contribution in [0.2, 0.25) is 5.02 Å². The minimum absolute atomic E-state index is 0.151. The molecule has 0 aliphatic carbocycles. The number of benzene rings is 2. The van der Waals surface area contributed by atoms with Crippen molar-refractivity contribution in [3.8, 4) is 5.75 Å². The number of likely N-dealkylation sites (N-methyl/N-ethyl adjacent to an activating group) is 1. The lowest BCUT2D eigenvalue weighted by molar-refractivity contribution is 0.405. The minimum atomic E-state index is -3.92. The number of ether oxygens (including phenoxy) is 1. The fourth-order valence-electron chi connectivity index (χ4n) is 2.16. The molecule has 2 aromatic rings. The highest BCUT2D eigenvalue weighted by Crippen LogP contribution is 2.23. The second kappa shape index (κ2) is 7.29. The molecule has 124 valence electrons. The molecular weight excluding hydrogens is 341 g/mol. The van der Waals surface area contributed by atoms with Crippen LogP contribution in [0.1, 0.15) is 5.56 Å². The first kappa shape index (κ1) is 17.7. The van der Waals surface area contributed by atoms with Gasteiger partial charge in [0.2, 0.25) is 10.0 Å². The van der Waals surface area contributed by atoms with Crippen LogP contribution in [0.5, 0.6) is 5.75 Å². The van der Waals surface area contributed by atoms with Gasteiger partial charge in [-0.25, -0.2) is 17.1 Å². The average molecular weight is 358 g/mol. The van der Waals surface area contributed by atoms with Crippen molar-refractivity contribution in [2.75, 3.05) is 20.7 Å². The van der Waals surface area contributed by atoms with E-state index in [0.29, 0.717) is 12.2 Å². The second-order valence-corrected chi connectivity index (χ2v) is 7.41. The Morgan fingerprint density at radius 3 is 2.57 bits per heavy atom. The number of para-hydroxylation sites is 1. The summed E-state index contributed by atoms with van der Waals surface area (Å²) in [6.45, 7) is 0.199. The molecule has 2 rings (SSSR count). The van der Waals surface area contributed by atoms with Crippen molar-refractivity contribution in [2.45, 2.75) is 11.3 Å². The Balaban J connectivity index is 2.17. The van der Waals surface area contributed by atoms with Crippen molar-refractivity contribution >= 4 is 21.6 Å². The normalized spacial score (nSPS) is 11.7. The summed E-state index contributed by atoms with van der Waals surface area (Å²) in [6, 6.07) is 10.9. The van der Waals surface area contributed by atoms with Gasteiger partial charge in [-0.3, -0.25) is 0 Å². The number of hydrogen-bond donors (Lipinski definition) is 0. The summed E-state index contributed by atoms with van der Waals surface area (Å²) < 4.78 is 45.1. The number of methoxy groups -OCH3 is 1. The number of halogens is 2. The lowest BCUT2D eigenvalue weighted by atomic mass is 10.1. The van der Waals surface area contributed by atoms with Gasteiger partial charge in [-0.1, -0.05) is 29.8 Å². The molecule has 4 nitrogen and oxygen atoms in total. The number of hydrogen-bond acceptors (Lipinski definition) is 3. The molecule has 0 spiro atoms. The van der Waals surface area contributed by atoms with Crippen LogP contribution < -0.4 is 4.74 Å². The van der Waals surface area contributed by atoms with Crippen molar-refractivity contribution in [1.82, 2.24) is 4.31 Å². The Morgan fingerprint density at radius 1 is 1.22 bits per heavy atom. The molecule has 0 N–H and O–H groups in total. The number of nitrogens with zero attached hydrogens (tertiary/aromatic N) is 1. The zero-order valence-electron chi connectivity index (χ0n) is 12.8. The maximum atomic E-state index is 13.9. The molecule has 0 atom stereocenters. The van der Waals surface area contributed by atoms with Gasteiger partial charge in [-0.05, 0) is 36.2 Å². The fraction of sp³-hybridized carbons (Fsp3) is 0.250. The zero-order valence-corrected chi connectivity index (χ0v) is 14.4. The number of sulfonamides is 1. The van der Waals surface area contributed by atoms with Gasteiger partial charge in [-0.2, -0.15) is 0 Å². The molecule has 0 aliphatic rings. The Hall–Kier alpha value is -1.63. The van der Waals surface area contributed by atoms with Crippen LogP contribution in [0.15, 0.2) is 47.4 Å². The summed E-state index contributed by atoms with van der Waals surface area (Å²) in [5.74, 6) is -0.169. The second-order valence-electron chi connectivity index (χ2n) is 4.96. The molecule has 0 unspecified atom stereocenters. The van der Waals surface area contributed by atoms with Gasteiger partial charge in [-0.15, -0.1) is 0 Å². The first-order valence-electron chi connectivity index (χ1n) is 6.89. The summed E-state index contributed by atoms with van der Waals surface area (Å²) in [4.78, 5) is -0.385. The highest BCUT2D eigenvalue weighted by atomic mass is 35.5. The van der Waals surface area contributed by atoms with Gasteiger partial charge in [0, 0.05) is 18.6 Å². The Labute approximate surface area is 140 Å². The number of rotatable bonds is 6. The van der Waals surface area contributed by atoms with Crippen LogP contribution >= 0.6 is 11.6 Å². The van der Waals surface area contributed by atoms with Crippen molar-refractivity contribution in [2.24, 2.45) is 0 Å². The third-order valence-electron chi connectivity index (χ3n) is 3.47. The monoisotopic (exact) mass is 357 g/mol. The predicted molar refractivity (Wildman–Crippen MR) is 87.9 cm³/mol. The van der Waals surface area contributed by atoms with Gasteiger partial charge < -0.3 is 4.74 Å². The van der Waals surface area contributed by atoms with Gasteiger partial charge in [0.1, 0.15) is 16.5 Å². The van der Waals surface area contributed by atoms with E-state index in [0.717, 1.165) is 15.9 Å². The largest absolute Gasteiger partial charge is 0.496 e. The Kier molecular flexibility index (Phi) is 5.62. The van der Waals surface area contributed by atoms with E-state index in [-0.39, 0.29) is 16.5 Å². The van der Waals surface area contributed by atoms with E-state index >= 15 is 0 Å². The van der Waals surface area contributed by atoms with Crippen LogP contribution in [0.25, 0.3) is 0 Å². The summed E-state index contributed by atoms with van der Waals surface area (Å²) >= 11 is 5.66. The first-order chi connectivity index (χ1) is 10.9. The molecule has 7 heteroatoms. The molecule has 0 fully saturated rings. The van der Waals surface area contributed by atoms with Gasteiger partial charge in [0.15, 0.2) is 0 Å². The molecular formula is C16H17ClFNO3S. The van der Waals surface area contributed by atoms with Crippen molar-refractivity contribution in [3.05, 3.63) is 58.9 Å². The van der Waals surface area contributed by atoms with E-state index in [1.807, 2.05) is 24.3 Å². The third-order valence-corrected chi connectivity index (χ3v) is 5.60. The SMILES string of the molecule is COc1ccccc1CCN(C)S(=O)(=O)c1ccc(Cl)cc1F. The van der Waals surface area contributed by atoms with Gasteiger partial charge >= 0.3 is 0 Å². The highest BCUT2D eigenvalue weighted by molar-refractivity contribution is 7.89.